The molecule has 1 N–H and O–H groups in total. The van der Waals surface area contributed by atoms with Gasteiger partial charge < -0.3 is 4.74 Å². The molecule has 1 amide bonds. The molecule has 0 aliphatic heterocycles. The van der Waals surface area contributed by atoms with Crippen molar-refractivity contribution in [3.63, 3.8) is 0 Å². The number of carbonyl (C=O) groups excluding carboxylic acids is 2. The Morgan fingerprint density at radius 2 is 2.08 bits per heavy atom. The predicted molar refractivity (Wildman–Crippen MR) is 98.6 cm³/mol. The van der Waals surface area contributed by atoms with E-state index in [0.717, 1.165) is 23.2 Å². The molecular weight excluding hydrogens is 336 g/mol. The second-order valence-electron chi connectivity index (χ2n) is 7.34. The molecule has 25 heavy (non-hydrogen) atoms. The fraction of sp³-hybridized carbons (Fsp3) is 0.421. The summed E-state index contributed by atoms with van der Waals surface area (Å²) in [6, 6.07) is 5.82. The molecule has 0 bridgehead atoms. The van der Waals surface area contributed by atoms with Gasteiger partial charge in [-0.3, -0.25) is 14.9 Å². The summed E-state index contributed by atoms with van der Waals surface area (Å²) in [4.78, 5) is 29.4. The first-order valence-corrected chi connectivity index (χ1v) is 9.08. The molecule has 132 valence electrons. The third-order valence-electron chi connectivity index (χ3n) is 4.17. The van der Waals surface area contributed by atoms with Crippen LogP contribution in [0, 0.1) is 19.3 Å². The van der Waals surface area contributed by atoms with Crippen LogP contribution in [0.3, 0.4) is 0 Å². The molecule has 1 aliphatic carbocycles. The largest absolute Gasteiger partial charge is 0.483 e. The van der Waals surface area contributed by atoms with Crippen molar-refractivity contribution < 1.29 is 14.3 Å². The van der Waals surface area contributed by atoms with Crippen molar-refractivity contribution in [2.24, 2.45) is 5.41 Å². The lowest BCUT2D eigenvalue weighted by molar-refractivity contribution is -0.118. The Kier molecular flexibility index (Phi) is 4.64. The highest BCUT2D eigenvalue weighted by atomic mass is 32.1. The van der Waals surface area contributed by atoms with Gasteiger partial charge in [0.15, 0.2) is 17.5 Å². The molecule has 5 nitrogen and oxygen atoms in total. The van der Waals surface area contributed by atoms with Crippen LogP contribution in [0.15, 0.2) is 18.2 Å². The van der Waals surface area contributed by atoms with Crippen LogP contribution in [0.2, 0.25) is 0 Å². The number of nitrogens with zero attached hydrogens (tertiary/aromatic N) is 1. The van der Waals surface area contributed by atoms with Crippen molar-refractivity contribution in [2.75, 3.05) is 11.9 Å². The van der Waals surface area contributed by atoms with Crippen LogP contribution in [-0.2, 0) is 11.2 Å². The number of nitrogens with one attached hydrogen (secondary N) is 1. The Morgan fingerprint density at radius 1 is 1.32 bits per heavy atom. The molecule has 0 atom stereocenters. The zero-order valence-electron chi connectivity index (χ0n) is 14.9. The highest BCUT2D eigenvalue weighted by Crippen LogP contribution is 2.38. The van der Waals surface area contributed by atoms with Crippen LogP contribution in [0.4, 0.5) is 5.13 Å². The number of hydrogen-bond acceptors (Lipinski definition) is 5. The number of carbonyl (C=O) groups is 2. The Hall–Kier alpha value is -2.21. The van der Waals surface area contributed by atoms with E-state index in [-0.39, 0.29) is 23.7 Å². The summed E-state index contributed by atoms with van der Waals surface area (Å²) < 4.78 is 5.58. The van der Waals surface area contributed by atoms with Gasteiger partial charge in [-0.05, 0) is 37.3 Å². The fourth-order valence-corrected chi connectivity index (χ4v) is 3.97. The second-order valence-corrected chi connectivity index (χ2v) is 8.34. The van der Waals surface area contributed by atoms with E-state index >= 15 is 0 Å². The van der Waals surface area contributed by atoms with Gasteiger partial charge >= 0.3 is 0 Å². The van der Waals surface area contributed by atoms with Gasteiger partial charge in [-0.25, -0.2) is 4.98 Å². The van der Waals surface area contributed by atoms with Gasteiger partial charge in [-0.2, -0.15) is 0 Å². The summed E-state index contributed by atoms with van der Waals surface area (Å²) in [6.45, 7) is 7.98. The number of aromatic nitrogens is 1. The number of fused-ring (bicyclic) bond motifs is 1. The lowest BCUT2D eigenvalue weighted by Gasteiger charge is -2.26. The van der Waals surface area contributed by atoms with Gasteiger partial charge in [-0.15, -0.1) is 0 Å². The van der Waals surface area contributed by atoms with Crippen molar-refractivity contribution >= 4 is 28.2 Å². The Balaban J connectivity index is 1.63. The van der Waals surface area contributed by atoms with Crippen molar-refractivity contribution in [3.05, 3.63) is 39.9 Å². The topological polar surface area (TPSA) is 68.3 Å². The maximum Gasteiger partial charge on any atom is 0.264 e. The zero-order valence-corrected chi connectivity index (χ0v) is 15.8. The maximum atomic E-state index is 12.2. The highest BCUT2D eigenvalue weighted by molar-refractivity contribution is 7.17. The van der Waals surface area contributed by atoms with Crippen LogP contribution in [0.5, 0.6) is 5.75 Å². The molecule has 1 aliphatic rings. The van der Waals surface area contributed by atoms with Crippen molar-refractivity contribution in [2.45, 2.75) is 40.5 Å². The van der Waals surface area contributed by atoms with Gasteiger partial charge in [0.1, 0.15) is 5.75 Å². The number of aryl methyl sites for hydroxylation is 2. The number of ether oxygens (including phenoxy) is 1. The molecule has 0 saturated carbocycles. The molecule has 0 unspecified atom stereocenters. The Morgan fingerprint density at radius 3 is 2.80 bits per heavy atom. The number of benzene rings is 1. The van der Waals surface area contributed by atoms with E-state index in [0.29, 0.717) is 22.2 Å². The lowest BCUT2D eigenvalue weighted by Crippen LogP contribution is -2.26. The fourth-order valence-electron chi connectivity index (χ4n) is 3.03. The van der Waals surface area contributed by atoms with E-state index in [2.05, 4.69) is 24.1 Å². The zero-order chi connectivity index (χ0) is 18.2. The molecule has 0 fully saturated rings. The predicted octanol–water partition coefficient (Wildman–Crippen LogP) is 3.93. The van der Waals surface area contributed by atoms with Crippen LogP contribution in [-0.4, -0.2) is 23.3 Å². The van der Waals surface area contributed by atoms with Crippen LogP contribution >= 0.6 is 11.3 Å². The molecule has 0 radical (unpaired) electrons. The third kappa shape index (κ3) is 4.07. The maximum absolute atomic E-state index is 12.2. The van der Waals surface area contributed by atoms with Crippen molar-refractivity contribution in [1.29, 1.82) is 0 Å². The molecule has 1 aromatic heterocycles. The molecule has 1 heterocycles. The molecule has 0 spiro atoms. The molecule has 6 heteroatoms. The Labute approximate surface area is 151 Å². The molecule has 3 rings (SSSR count). The summed E-state index contributed by atoms with van der Waals surface area (Å²) in [7, 11) is 0. The normalized spacial score (nSPS) is 15.6. The smallest absolute Gasteiger partial charge is 0.264 e. The average Bonchev–Trinajstić information content (AvgIpc) is 2.87. The van der Waals surface area contributed by atoms with Gasteiger partial charge in [0.25, 0.3) is 5.91 Å². The second kappa shape index (κ2) is 6.59. The minimum absolute atomic E-state index is 0.0779. The minimum atomic E-state index is -0.280. The van der Waals surface area contributed by atoms with E-state index in [4.69, 9.17) is 4.74 Å². The molecular formula is C19H22N2O3S. The van der Waals surface area contributed by atoms with E-state index in [1.54, 1.807) is 0 Å². The minimum Gasteiger partial charge on any atom is -0.483 e. The van der Waals surface area contributed by atoms with Gasteiger partial charge in [0, 0.05) is 6.42 Å². The number of Topliss-reactive ketones (excluding diaryl/α,β-unsaturated/α-hetero) is 1. The number of rotatable bonds is 4. The van der Waals surface area contributed by atoms with Crippen molar-refractivity contribution in [1.82, 2.24) is 4.98 Å². The summed E-state index contributed by atoms with van der Waals surface area (Å²) >= 11 is 1.25. The first kappa shape index (κ1) is 17.6. The summed E-state index contributed by atoms with van der Waals surface area (Å²) in [6.07, 6.45) is 1.27. The average molecular weight is 358 g/mol. The van der Waals surface area contributed by atoms with Crippen LogP contribution < -0.4 is 10.1 Å². The summed E-state index contributed by atoms with van der Waals surface area (Å²) in [5, 5.41) is 3.20. The van der Waals surface area contributed by atoms with E-state index in [9.17, 15) is 9.59 Å². The standard InChI is InChI=1S/C19H22N2O3S/c1-11-5-6-15(12(2)7-11)24-10-16(23)21-18-20-13-8-19(3,4)9-14(22)17(13)25-18/h5-7H,8-10H2,1-4H3,(H,20,21,23). The number of amides is 1. The molecule has 0 saturated heterocycles. The SMILES string of the molecule is Cc1ccc(OCC(=O)Nc2nc3c(s2)C(=O)CC(C)(C)C3)c(C)c1. The van der Waals surface area contributed by atoms with E-state index in [1.165, 1.54) is 11.3 Å². The van der Waals surface area contributed by atoms with E-state index in [1.807, 2.05) is 32.0 Å². The molecule has 1 aromatic carbocycles. The quantitative estimate of drug-likeness (QED) is 0.899. The van der Waals surface area contributed by atoms with Gasteiger partial charge in [0.05, 0.1) is 10.6 Å². The lowest BCUT2D eigenvalue weighted by atomic mass is 9.78. The van der Waals surface area contributed by atoms with Gasteiger partial charge in [-0.1, -0.05) is 42.9 Å². The third-order valence-corrected chi connectivity index (χ3v) is 5.23. The van der Waals surface area contributed by atoms with Gasteiger partial charge in [0.2, 0.25) is 0 Å². The first-order chi connectivity index (χ1) is 11.7. The number of hydrogen-bond donors (Lipinski definition) is 1. The number of ketones is 1. The first-order valence-electron chi connectivity index (χ1n) is 8.26. The summed E-state index contributed by atoms with van der Waals surface area (Å²) in [5.74, 6) is 0.518. The van der Waals surface area contributed by atoms with Crippen molar-refractivity contribution in [3.8, 4) is 5.75 Å². The number of anilines is 1. The Bertz CT molecular complexity index is 839. The van der Waals surface area contributed by atoms with Crippen LogP contribution in [0.1, 0.15) is 46.8 Å². The molecule has 2 aromatic rings. The monoisotopic (exact) mass is 358 g/mol. The van der Waals surface area contributed by atoms with Crippen LogP contribution in [0.25, 0.3) is 0 Å². The van der Waals surface area contributed by atoms with E-state index < -0.39 is 0 Å². The highest BCUT2D eigenvalue weighted by Gasteiger charge is 2.34. The summed E-state index contributed by atoms with van der Waals surface area (Å²) in [5.41, 5.74) is 2.85. The number of thiazole rings is 1.